The molecule has 0 aliphatic carbocycles. The number of ether oxygens (including phenoxy) is 2. The molecular weight excluding hydrogens is 358 g/mol. The molecule has 28 heavy (non-hydrogen) atoms. The Balaban J connectivity index is 1.69. The van der Waals surface area contributed by atoms with Crippen molar-refractivity contribution in [3.05, 3.63) is 54.1 Å². The van der Waals surface area contributed by atoms with E-state index in [0.717, 1.165) is 36.8 Å². The quantitative estimate of drug-likeness (QED) is 0.385. The minimum absolute atomic E-state index is 0.229. The zero-order valence-corrected chi connectivity index (χ0v) is 15.8. The van der Waals surface area contributed by atoms with Crippen molar-refractivity contribution in [2.75, 3.05) is 13.7 Å². The van der Waals surface area contributed by atoms with Crippen LogP contribution in [0.2, 0.25) is 0 Å². The van der Waals surface area contributed by atoms with Gasteiger partial charge in [0.2, 0.25) is 0 Å². The van der Waals surface area contributed by atoms with Crippen molar-refractivity contribution in [3.8, 4) is 22.9 Å². The number of unbranched alkanes of at least 4 members (excludes halogenated alkanes) is 2. The summed E-state index contributed by atoms with van der Waals surface area (Å²) in [6, 6.07) is 17.2. The number of aliphatic hydroxyl groups is 1. The lowest BCUT2D eigenvalue weighted by atomic mass is 10.0. The highest BCUT2D eigenvalue weighted by Crippen LogP contribution is 2.23. The van der Waals surface area contributed by atoms with E-state index in [9.17, 15) is 14.7 Å². The molecule has 6 heteroatoms. The lowest BCUT2D eigenvalue weighted by molar-refractivity contribution is -0.155. The Morgan fingerprint density at radius 2 is 1.61 bits per heavy atom. The Morgan fingerprint density at radius 1 is 1.00 bits per heavy atom. The summed E-state index contributed by atoms with van der Waals surface area (Å²) in [5.41, 5.74) is 2.71. The van der Waals surface area contributed by atoms with Crippen molar-refractivity contribution in [3.63, 3.8) is 0 Å². The fourth-order valence-corrected chi connectivity index (χ4v) is 2.66. The third-order valence-electron chi connectivity index (χ3n) is 4.28. The molecule has 0 amide bonds. The van der Waals surface area contributed by atoms with Crippen LogP contribution in [-0.4, -0.2) is 36.7 Å². The van der Waals surface area contributed by atoms with Crippen LogP contribution in [0.1, 0.15) is 31.2 Å². The highest BCUT2D eigenvalue weighted by Gasteiger charge is 2.23. The predicted octanol–water partition coefficient (Wildman–Crippen LogP) is 3.27. The summed E-state index contributed by atoms with van der Waals surface area (Å²) in [6.45, 7) is 0.525. The zero-order valence-electron chi connectivity index (χ0n) is 15.8. The second kappa shape index (κ2) is 10.9. The maximum absolute atomic E-state index is 11.4. The van der Waals surface area contributed by atoms with Gasteiger partial charge in [-0.05, 0) is 54.7 Å². The number of nitriles is 1. The maximum atomic E-state index is 11.4. The molecule has 0 aliphatic rings. The van der Waals surface area contributed by atoms with Crippen LogP contribution in [0.3, 0.4) is 0 Å². The first-order valence-electron chi connectivity index (χ1n) is 9.08. The number of hydrogen-bond acceptors (Lipinski definition) is 6. The SMILES string of the molecule is COC(=O)C(=O)C(O)CCCCCOc1ccc(-c2ccc(C#N)cc2)cc1. The summed E-state index contributed by atoms with van der Waals surface area (Å²) in [5.74, 6) is -1.15. The number of aliphatic hydroxyl groups excluding tert-OH is 1. The van der Waals surface area contributed by atoms with Crippen LogP contribution in [0.4, 0.5) is 0 Å². The van der Waals surface area contributed by atoms with Gasteiger partial charge in [-0.3, -0.25) is 4.79 Å². The second-order valence-electron chi connectivity index (χ2n) is 6.28. The standard InChI is InChI=1S/C22H23NO5/c1-27-22(26)21(25)20(24)5-3-2-4-14-28-19-12-10-18(11-13-19)17-8-6-16(15-23)7-9-17/h6-13,20,24H,2-5,14H2,1H3. The number of methoxy groups -OCH3 is 1. The molecule has 1 unspecified atom stereocenters. The number of hydrogen-bond donors (Lipinski definition) is 1. The van der Waals surface area contributed by atoms with Gasteiger partial charge >= 0.3 is 5.97 Å². The fraction of sp³-hybridized carbons (Fsp3) is 0.318. The number of carbonyl (C=O) groups excluding carboxylic acids is 2. The Morgan fingerprint density at radius 3 is 2.18 bits per heavy atom. The summed E-state index contributed by atoms with van der Waals surface area (Å²) in [4.78, 5) is 22.4. The minimum atomic E-state index is -1.30. The molecular formula is C22H23NO5. The first-order valence-corrected chi connectivity index (χ1v) is 9.08. The number of esters is 1. The highest BCUT2D eigenvalue weighted by molar-refractivity contribution is 6.35. The number of carbonyl (C=O) groups is 2. The van der Waals surface area contributed by atoms with Crippen molar-refractivity contribution >= 4 is 11.8 Å². The van der Waals surface area contributed by atoms with Gasteiger partial charge in [0, 0.05) is 0 Å². The smallest absolute Gasteiger partial charge is 0.377 e. The molecule has 2 rings (SSSR count). The predicted molar refractivity (Wildman–Crippen MR) is 104 cm³/mol. The van der Waals surface area contributed by atoms with Crippen LogP contribution < -0.4 is 4.74 Å². The topological polar surface area (TPSA) is 96.6 Å². The average Bonchev–Trinajstić information content (AvgIpc) is 2.75. The van der Waals surface area contributed by atoms with E-state index < -0.39 is 17.9 Å². The Hall–Kier alpha value is -3.17. The summed E-state index contributed by atoms with van der Waals surface area (Å²) >= 11 is 0. The van der Waals surface area contributed by atoms with E-state index in [2.05, 4.69) is 10.8 Å². The second-order valence-corrected chi connectivity index (χ2v) is 6.28. The van der Waals surface area contributed by atoms with Gasteiger partial charge in [-0.25, -0.2) is 4.79 Å². The number of rotatable bonds is 10. The monoisotopic (exact) mass is 381 g/mol. The summed E-state index contributed by atoms with van der Waals surface area (Å²) in [7, 11) is 1.11. The van der Waals surface area contributed by atoms with Gasteiger partial charge in [-0.2, -0.15) is 5.26 Å². The molecule has 0 spiro atoms. The van der Waals surface area contributed by atoms with Crippen LogP contribution in [-0.2, 0) is 14.3 Å². The molecule has 0 saturated carbocycles. The van der Waals surface area contributed by atoms with E-state index in [1.807, 2.05) is 36.4 Å². The number of ketones is 1. The van der Waals surface area contributed by atoms with Gasteiger partial charge < -0.3 is 14.6 Å². The molecule has 0 aliphatic heterocycles. The maximum Gasteiger partial charge on any atom is 0.377 e. The van der Waals surface area contributed by atoms with Crippen LogP contribution >= 0.6 is 0 Å². The average molecular weight is 381 g/mol. The van der Waals surface area contributed by atoms with Crippen molar-refractivity contribution in [2.24, 2.45) is 0 Å². The molecule has 0 radical (unpaired) electrons. The van der Waals surface area contributed by atoms with Gasteiger partial charge in [0.25, 0.3) is 5.78 Å². The largest absolute Gasteiger partial charge is 0.494 e. The fourth-order valence-electron chi connectivity index (χ4n) is 2.66. The molecule has 2 aromatic rings. The van der Waals surface area contributed by atoms with Crippen molar-refractivity contribution in [1.82, 2.24) is 0 Å². The van der Waals surface area contributed by atoms with E-state index in [1.165, 1.54) is 0 Å². The summed E-state index contributed by atoms with van der Waals surface area (Å²) in [5, 5.41) is 18.4. The highest BCUT2D eigenvalue weighted by atomic mass is 16.5. The molecule has 2 aromatic carbocycles. The number of Topliss-reactive ketones (excluding diaryl/α,β-unsaturated/α-hetero) is 1. The van der Waals surface area contributed by atoms with E-state index in [0.29, 0.717) is 18.6 Å². The van der Waals surface area contributed by atoms with Crippen molar-refractivity contribution < 1.29 is 24.2 Å². The Bertz CT molecular complexity index is 822. The third kappa shape index (κ3) is 6.22. The lowest BCUT2D eigenvalue weighted by Gasteiger charge is -2.09. The van der Waals surface area contributed by atoms with E-state index in [-0.39, 0.29) is 6.42 Å². The molecule has 0 saturated heterocycles. The molecule has 6 nitrogen and oxygen atoms in total. The Labute approximate surface area is 164 Å². The lowest BCUT2D eigenvalue weighted by Crippen LogP contribution is -2.29. The van der Waals surface area contributed by atoms with Crippen LogP contribution in [0.25, 0.3) is 11.1 Å². The van der Waals surface area contributed by atoms with E-state index >= 15 is 0 Å². The van der Waals surface area contributed by atoms with Gasteiger partial charge in [0.15, 0.2) is 0 Å². The minimum Gasteiger partial charge on any atom is -0.494 e. The van der Waals surface area contributed by atoms with E-state index in [4.69, 9.17) is 10.00 Å². The molecule has 146 valence electrons. The molecule has 0 fully saturated rings. The van der Waals surface area contributed by atoms with Crippen molar-refractivity contribution in [1.29, 1.82) is 5.26 Å². The normalized spacial score (nSPS) is 11.3. The first-order chi connectivity index (χ1) is 13.5. The van der Waals surface area contributed by atoms with Crippen molar-refractivity contribution in [2.45, 2.75) is 31.8 Å². The molecule has 1 atom stereocenters. The first kappa shape index (κ1) is 21.1. The Kier molecular flexibility index (Phi) is 8.19. The van der Waals surface area contributed by atoms with E-state index in [1.54, 1.807) is 12.1 Å². The van der Waals surface area contributed by atoms with Gasteiger partial charge in [0.1, 0.15) is 11.9 Å². The van der Waals surface area contributed by atoms with Crippen LogP contribution in [0.5, 0.6) is 5.75 Å². The van der Waals surface area contributed by atoms with Gasteiger partial charge in [-0.1, -0.05) is 30.7 Å². The zero-order chi connectivity index (χ0) is 20.4. The number of benzene rings is 2. The van der Waals surface area contributed by atoms with Crippen LogP contribution in [0.15, 0.2) is 48.5 Å². The van der Waals surface area contributed by atoms with Gasteiger partial charge in [-0.15, -0.1) is 0 Å². The van der Waals surface area contributed by atoms with Crippen LogP contribution in [0, 0.1) is 11.3 Å². The molecule has 1 N–H and O–H groups in total. The summed E-state index contributed by atoms with van der Waals surface area (Å²) in [6.07, 6.45) is 1.09. The molecule has 0 aromatic heterocycles. The molecule has 0 heterocycles. The number of nitrogens with zero attached hydrogens (tertiary/aromatic N) is 1. The third-order valence-corrected chi connectivity index (χ3v) is 4.28. The summed E-state index contributed by atoms with van der Waals surface area (Å²) < 4.78 is 9.99. The van der Waals surface area contributed by atoms with Gasteiger partial charge in [0.05, 0.1) is 25.3 Å². The molecule has 0 bridgehead atoms.